The lowest BCUT2D eigenvalue weighted by Gasteiger charge is -2.28. The second kappa shape index (κ2) is 2.62. The van der Waals surface area contributed by atoms with Gasteiger partial charge in [0.2, 0.25) is 0 Å². The van der Waals surface area contributed by atoms with Crippen LogP contribution < -0.4 is 0 Å². The zero-order valence-corrected chi connectivity index (χ0v) is 5.63. The van der Waals surface area contributed by atoms with Gasteiger partial charge in [-0.2, -0.15) is 4.39 Å². The van der Waals surface area contributed by atoms with Gasteiger partial charge in [-0.15, -0.1) is 0 Å². The first-order chi connectivity index (χ1) is 4.20. The SMILES string of the molecule is CC1COC(F)OC1C. The highest BCUT2D eigenvalue weighted by Gasteiger charge is 2.24. The number of halogens is 1. The van der Waals surface area contributed by atoms with Crippen molar-refractivity contribution in [1.29, 1.82) is 0 Å². The quantitative estimate of drug-likeness (QED) is 0.497. The molecule has 1 aliphatic rings. The van der Waals surface area contributed by atoms with Crippen molar-refractivity contribution in [1.82, 2.24) is 0 Å². The Morgan fingerprint density at radius 2 is 2.11 bits per heavy atom. The van der Waals surface area contributed by atoms with Crippen LogP contribution in [0.3, 0.4) is 0 Å². The minimum atomic E-state index is -1.50. The van der Waals surface area contributed by atoms with Crippen LogP contribution in [0.25, 0.3) is 0 Å². The van der Waals surface area contributed by atoms with E-state index in [0.29, 0.717) is 12.5 Å². The summed E-state index contributed by atoms with van der Waals surface area (Å²) in [4.78, 5) is 0. The van der Waals surface area contributed by atoms with Crippen LogP contribution in [0, 0.1) is 5.92 Å². The van der Waals surface area contributed by atoms with Gasteiger partial charge in [0, 0.05) is 5.92 Å². The van der Waals surface area contributed by atoms with Crippen molar-refractivity contribution in [2.45, 2.75) is 26.5 Å². The summed E-state index contributed by atoms with van der Waals surface area (Å²) in [6, 6.07) is 0. The molecule has 0 N–H and O–H groups in total. The molecular formula is C6H11FO2. The zero-order chi connectivity index (χ0) is 6.85. The molecule has 1 heterocycles. The Balaban J connectivity index is 2.35. The number of hydrogen-bond donors (Lipinski definition) is 0. The van der Waals surface area contributed by atoms with Crippen molar-refractivity contribution in [2.24, 2.45) is 5.92 Å². The van der Waals surface area contributed by atoms with Crippen LogP contribution >= 0.6 is 0 Å². The second-order valence-electron chi connectivity index (χ2n) is 2.43. The normalized spacial score (nSPS) is 45.0. The molecule has 0 amide bonds. The largest absolute Gasteiger partial charge is 0.326 e. The average molecular weight is 134 g/mol. The van der Waals surface area contributed by atoms with Crippen LogP contribution in [0.5, 0.6) is 0 Å². The van der Waals surface area contributed by atoms with E-state index in [2.05, 4.69) is 4.74 Å². The van der Waals surface area contributed by atoms with Crippen LogP contribution in [0.2, 0.25) is 0 Å². The molecule has 0 saturated carbocycles. The van der Waals surface area contributed by atoms with Crippen molar-refractivity contribution in [3.05, 3.63) is 0 Å². The van der Waals surface area contributed by atoms with Crippen molar-refractivity contribution in [2.75, 3.05) is 6.61 Å². The zero-order valence-electron chi connectivity index (χ0n) is 5.63. The Labute approximate surface area is 54.0 Å². The average Bonchev–Trinajstić information content (AvgIpc) is 1.80. The van der Waals surface area contributed by atoms with Crippen LogP contribution in [0.4, 0.5) is 4.39 Å². The predicted octanol–water partition coefficient (Wildman–Crippen LogP) is 1.31. The Morgan fingerprint density at radius 3 is 2.56 bits per heavy atom. The molecule has 3 atom stereocenters. The third kappa shape index (κ3) is 1.63. The first kappa shape index (κ1) is 6.96. The van der Waals surface area contributed by atoms with Gasteiger partial charge < -0.3 is 9.47 Å². The monoisotopic (exact) mass is 134 g/mol. The number of alkyl halides is 1. The molecule has 9 heavy (non-hydrogen) atoms. The van der Waals surface area contributed by atoms with Gasteiger partial charge in [-0.25, -0.2) is 0 Å². The van der Waals surface area contributed by atoms with Gasteiger partial charge in [0.1, 0.15) is 0 Å². The summed E-state index contributed by atoms with van der Waals surface area (Å²) >= 11 is 0. The maximum Gasteiger partial charge on any atom is 0.309 e. The van der Waals surface area contributed by atoms with Crippen LogP contribution in [-0.4, -0.2) is 19.3 Å². The topological polar surface area (TPSA) is 18.5 Å². The van der Waals surface area contributed by atoms with E-state index in [0.717, 1.165) is 0 Å². The summed E-state index contributed by atoms with van der Waals surface area (Å²) in [6.45, 7) is 2.77. The standard InChI is InChI=1S/C6H11FO2/c1-4-3-8-6(7)9-5(4)2/h4-6H,3H2,1-2H3. The van der Waals surface area contributed by atoms with Crippen LogP contribution in [0.15, 0.2) is 0 Å². The van der Waals surface area contributed by atoms with E-state index >= 15 is 0 Å². The fraction of sp³-hybridized carbons (Fsp3) is 1.00. The van der Waals surface area contributed by atoms with Gasteiger partial charge >= 0.3 is 6.54 Å². The Bertz CT molecular complexity index is 97.1. The second-order valence-corrected chi connectivity index (χ2v) is 2.43. The molecule has 1 rings (SSSR count). The molecule has 2 nitrogen and oxygen atoms in total. The van der Waals surface area contributed by atoms with E-state index in [4.69, 9.17) is 4.74 Å². The first-order valence-corrected chi connectivity index (χ1v) is 3.11. The van der Waals surface area contributed by atoms with Crippen molar-refractivity contribution in [3.63, 3.8) is 0 Å². The van der Waals surface area contributed by atoms with Crippen molar-refractivity contribution in [3.8, 4) is 0 Å². The molecule has 0 aliphatic carbocycles. The minimum absolute atomic E-state index is 0.0197. The summed E-state index contributed by atoms with van der Waals surface area (Å²) in [5, 5.41) is 0. The first-order valence-electron chi connectivity index (χ1n) is 3.11. The Morgan fingerprint density at radius 1 is 1.44 bits per heavy atom. The molecule has 0 bridgehead atoms. The van der Waals surface area contributed by atoms with E-state index in [1.807, 2.05) is 13.8 Å². The summed E-state index contributed by atoms with van der Waals surface area (Å²) in [5.74, 6) is 0.303. The fourth-order valence-electron chi connectivity index (χ4n) is 0.705. The van der Waals surface area contributed by atoms with Gasteiger partial charge in [-0.3, -0.25) is 0 Å². The molecule has 0 spiro atoms. The third-order valence-corrected chi connectivity index (χ3v) is 1.61. The van der Waals surface area contributed by atoms with Crippen LogP contribution in [-0.2, 0) is 9.47 Å². The van der Waals surface area contributed by atoms with Gasteiger partial charge in [0.05, 0.1) is 12.7 Å². The summed E-state index contributed by atoms with van der Waals surface area (Å²) in [5.41, 5.74) is 0. The Hall–Kier alpha value is -0.150. The van der Waals surface area contributed by atoms with Crippen molar-refractivity contribution < 1.29 is 13.9 Å². The van der Waals surface area contributed by atoms with E-state index in [9.17, 15) is 4.39 Å². The molecule has 54 valence electrons. The molecule has 0 aromatic rings. The molecule has 1 fully saturated rings. The fourth-order valence-corrected chi connectivity index (χ4v) is 0.705. The van der Waals surface area contributed by atoms with E-state index in [1.165, 1.54) is 0 Å². The summed E-state index contributed by atoms with van der Waals surface area (Å²) in [6.07, 6.45) is -0.0197. The molecule has 3 heteroatoms. The van der Waals surface area contributed by atoms with Gasteiger partial charge in [-0.05, 0) is 6.92 Å². The molecule has 1 aliphatic heterocycles. The van der Waals surface area contributed by atoms with Crippen LogP contribution in [0.1, 0.15) is 13.8 Å². The molecule has 1 saturated heterocycles. The molecule has 3 unspecified atom stereocenters. The van der Waals surface area contributed by atoms with Crippen molar-refractivity contribution >= 4 is 0 Å². The predicted molar refractivity (Wildman–Crippen MR) is 30.6 cm³/mol. The molecular weight excluding hydrogens is 123 g/mol. The highest BCUT2D eigenvalue weighted by Crippen LogP contribution is 2.17. The highest BCUT2D eigenvalue weighted by atomic mass is 19.2. The van der Waals surface area contributed by atoms with E-state index < -0.39 is 6.54 Å². The summed E-state index contributed by atoms with van der Waals surface area (Å²) in [7, 11) is 0. The number of rotatable bonds is 0. The van der Waals surface area contributed by atoms with Gasteiger partial charge in [0.25, 0.3) is 0 Å². The smallest absolute Gasteiger partial charge is 0.309 e. The maximum absolute atomic E-state index is 12.2. The third-order valence-electron chi connectivity index (χ3n) is 1.61. The van der Waals surface area contributed by atoms with E-state index in [-0.39, 0.29) is 6.10 Å². The highest BCUT2D eigenvalue weighted by molar-refractivity contribution is 4.62. The number of ether oxygens (including phenoxy) is 2. The molecule has 0 aromatic heterocycles. The minimum Gasteiger partial charge on any atom is -0.326 e. The van der Waals surface area contributed by atoms with Gasteiger partial charge in [0.15, 0.2) is 0 Å². The maximum atomic E-state index is 12.2. The molecule has 0 aromatic carbocycles. The van der Waals surface area contributed by atoms with E-state index in [1.54, 1.807) is 0 Å². The summed E-state index contributed by atoms with van der Waals surface area (Å²) < 4.78 is 21.4. The number of hydrogen-bond acceptors (Lipinski definition) is 2. The van der Waals surface area contributed by atoms with Gasteiger partial charge in [-0.1, -0.05) is 6.92 Å². The Kier molecular flexibility index (Phi) is 2.03. The lowest BCUT2D eigenvalue weighted by Crippen LogP contribution is -2.34. The molecule has 0 radical (unpaired) electrons. The lowest BCUT2D eigenvalue weighted by atomic mass is 10.1. The lowest BCUT2D eigenvalue weighted by molar-refractivity contribution is -0.286.